The molecule has 2 rings (SSSR count). The van der Waals surface area contributed by atoms with Gasteiger partial charge in [-0.3, -0.25) is 4.79 Å². The molecule has 0 aliphatic carbocycles. The zero-order valence-electron chi connectivity index (χ0n) is 12.7. The predicted octanol–water partition coefficient (Wildman–Crippen LogP) is 3.51. The number of carbonyl (C=O) groups is 2. The van der Waals surface area contributed by atoms with Gasteiger partial charge in [-0.15, -0.1) is 0 Å². The average molecular weight is 398 g/mol. The van der Waals surface area contributed by atoms with Gasteiger partial charge in [0.25, 0.3) is 5.91 Å². The van der Waals surface area contributed by atoms with Crippen LogP contribution in [0.5, 0.6) is 0 Å². The molecule has 1 amide bonds. The molecule has 0 heterocycles. The molecule has 0 aliphatic heterocycles. The van der Waals surface area contributed by atoms with Crippen molar-refractivity contribution >= 4 is 27.8 Å². The second-order valence-corrected chi connectivity index (χ2v) is 5.91. The first-order valence-electron chi connectivity index (χ1n) is 7.00. The molecular weight excluding hydrogens is 384 g/mol. The third-order valence-electron chi connectivity index (χ3n) is 3.21. The molecule has 126 valence electrons. The van der Waals surface area contributed by atoms with Crippen LogP contribution in [0.2, 0.25) is 0 Å². The van der Waals surface area contributed by atoms with E-state index in [0.717, 1.165) is 12.1 Å². The molecule has 0 bridgehead atoms. The van der Waals surface area contributed by atoms with Gasteiger partial charge in [0.2, 0.25) is 0 Å². The molecule has 7 heteroatoms. The van der Waals surface area contributed by atoms with Crippen LogP contribution in [0.1, 0.15) is 21.5 Å². The largest absolute Gasteiger partial charge is 0.452 e. The molecule has 0 atom stereocenters. The van der Waals surface area contributed by atoms with Crippen LogP contribution in [0.4, 0.5) is 8.78 Å². The summed E-state index contributed by atoms with van der Waals surface area (Å²) in [5, 5.41) is 2.52. The van der Waals surface area contributed by atoms with Gasteiger partial charge in [0.1, 0.15) is 11.6 Å². The number of rotatable bonds is 5. The highest BCUT2D eigenvalue weighted by atomic mass is 79.9. The van der Waals surface area contributed by atoms with E-state index in [4.69, 9.17) is 4.74 Å². The SMILES string of the molecule is Cc1ccc(CNC(=O)COC(=O)c2ccc(F)cc2Br)cc1F. The number of esters is 1. The minimum atomic E-state index is -0.751. The molecule has 0 saturated heterocycles. The fourth-order valence-electron chi connectivity index (χ4n) is 1.86. The Morgan fingerprint density at radius 2 is 1.92 bits per heavy atom. The quantitative estimate of drug-likeness (QED) is 0.785. The Morgan fingerprint density at radius 3 is 2.58 bits per heavy atom. The lowest BCUT2D eigenvalue weighted by Gasteiger charge is -2.08. The Morgan fingerprint density at radius 1 is 1.17 bits per heavy atom. The lowest BCUT2D eigenvalue weighted by Crippen LogP contribution is -2.28. The van der Waals surface area contributed by atoms with Crippen LogP contribution < -0.4 is 5.32 Å². The van der Waals surface area contributed by atoms with Crippen LogP contribution in [0, 0.1) is 18.6 Å². The fraction of sp³-hybridized carbons (Fsp3) is 0.176. The standard InChI is InChI=1S/C17H14BrF2NO3/c1-10-2-3-11(6-15(10)20)8-21-16(22)9-24-17(23)13-5-4-12(19)7-14(13)18/h2-7H,8-9H2,1H3,(H,21,22). The maximum absolute atomic E-state index is 13.4. The van der Waals surface area contributed by atoms with Crippen molar-refractivity contribution in [3.63, 3.8) is 0 Å². The highest BCUT2D eigenvalue weighted by Crippen LogP contribution is 2.18. The monoisotopic (exact) mass is 397 g/mol. The fourth-order valence-corrected chi connectivity index (χ4v) is 2.37. The number of carbonyl (C=O) groups excluding carboxylic acids is 2. The van der Waals surface area contributed by atoms with Crippen LogP contribution in [-0.4, -0.2) is 18.5 Å². The second kappa shape index (κ2) is 8.01. The second-order valence-electron chi connectivity index (χ2n) is 5.06. The molecule has 24 heavy (non-hydrogen) atoms. The summed E-state index contributed by atoms with van der Waals surface area (Å²) in [4.78, 5) is 23.5. The summed E-state index contributed by atoms with van der Waals surface area (Å²) in [6, 6.07) is 8.14. The minimum Gasteiger partial charge on any atom is -0.452 e. The first-order valence-corrected chi connectivity index (χ1v) is 7.80. The number of nitrogens with one attached hydrogen (secondary N) is 1. The summed E-state index contributed by atoms with van der Waals surface area (Å²) >= 11 is 3.05. The Balaban J connectivity index is 1.84. The van der Waals surface area contributed by atoms with Gasteiger partial charge in [0, 0.05) is 11.0 Å². The van der Waals surface area contributed by atoms with Gasteiger partial charge in [-0.05, 0) is 58.2 Å². The predicted molar refractivity (Wildman–Crippen MR) is 87.4 cm³/mol. The lowest BCUT2D eigenvalue weighted by molar-refractivity contribution is -0.124. The summed E-state index contributed by atoms with van der Waals surface area (Å²) < 4.78 is 31.5. The van der Waals surface area contributed by atoms with Gasteiger partial charge in [0.15, 0.2) is 6.61 Å². The van der Waals surface area contributed by atoms with Crippen molar-refractivity contribution < 1.29 is 23.1 Å². The Bertz CT molecular complexity index is 780. The molecule has 0 aromatic heterocycles. The van der Waals surface area contributed by atoms with Gasteiger partial charge >= 0.3 is 5.97 Å². The Labute approximate surface area is 145 Å². The van der Waals surface area contributed by atoms with E-state index in [1.54, 1.807) is 19.1 Å². The van der Waals surface area contributed by atoms with E-state index in [2.05, 4.69) is 21.2 Å². The maximum atomic E-state index is 13.4. The van der Waals surface area contributed by atoms with Crippen molar-refractivity contribution in [2.24, 2.45) is 0 Å². The average Bonchev–Trinajstić information content (AvgIpc) is 2.53. The number of aryl methyl sites for hydroxylation is 1. The minimum absolute atomic E-state index is 0.116. The zero-order chi connectivity index (χ0) is 17.7. The molecule has 0 radical (unpaired) electrons. The summed E-state index contributed by atoms with van der Waals surface area (Å²) in [5.41, 5.74) is 1.23. The highest BCUT2D eigenvalue weighted by Gasteiger charge is 2.14. The Hall–Kier alpha value is -2.28. The van der Waals surface area contributed by atoms with Crippen LogP contribution in [-0.2, 0) is 16.1 Å². The van der Waals surface area contributed by atoms with Gasteiger partial charge in [-0.25, -0.2) is 13.6 Å². The summed E-state index contributed by atoms with van der Waals surface area (Å²) in [7, 11) is 0. The highest BCUT2D eigenvalue weighted by molar-refractivity contribution is 9.10. The number of benzene rings is 2. The smallest absolute Gasteiger partial charge is 0.339 e. The van der Waals surface area contributed by atoms with Crippen molar-refractivity contribution in [2.75, 3.05) is 6.61 Å². The number of ether oxygens (including phenoxy) is 1. The number of halogens is 3. The van der Waals surface area contributed by atoms with Crippen LogP contribution in [0.25, 0.3) is 0 Å². The van der Waals surface area contributed by atoms with E-state index >= 15 is 0 Å². The number of hydrogen-bond donors (Lipinski definition) is 1. The Kier molecular flexibility index (Phi) is 6.03. The van der Waals surface area contributed by atoms with E-state index in [1.807, 2.05) is 0 Å². The maximum Gasteiger partial charge on any atom is 0.339 e. The molecular formula is C17H14BrF2NO3. The van der Waals surface area contributed by atoms with E-state index in [-0.39, 0.29) is 22.4 Å². The first-order chi connectivity index (χ1) is 11.4. The lowest BCUT2D eigenvalue weighted by atomic mass is 10.1. The number of hydrogen-bond acceptors (Lipinski definition) is 3. The van der Waals surface area contributed by atoms with Gasteiger partial charge in [-0.1, -0.05) is 12.1 Å². The first kappa shape index (κ1) is 18.1. The van der Waals surface area contributed by atoms with Crippen LogP contribution >= 0.6 is 15.9 Å². The third kappa shape index (κ3) is 4.86. The van der Waals surface area contributed by atoms with Crippen LogP contribution in [0.3, 0.4) is 0 Å². The molecule has 0 unspecified atom stereocenters. The molecule has 4 nitrogen and oxygen atoms in total. The van der Waals surface area contributed by atoms with Gasteiger partial charge in [0.05, 0.1) is 5.56 Å². The number of amides is 1. The molecule has 0 aliphatic rings. The van der Waals surface area contributed by atoms with E-state index < -0.39 is 24.3 Å². The zero-order valence-corrected chi connectivity index (χ0v) is 14.3. The van der Waals surface area contributed by atoms with Gasteiger partial charge < -0.3 is 10.1 Å². The molecule has 0 saturated carbocycles. The molecule has 2 aromatic rings. The van der Waals surface area contributed by atoms with Crippen molar-refractivity contribution in [1.29, 1.82) is 0 Å². The van der Waals surface area contributed by atoms with Crippen molar-refractivity contribution in [3.05, 3.63) is 69.2 Å². The van der Waals surface area contributed by atoms with E-state index in [0.29, 0.717) is 11.1 Å². The van der Waals surface area contributed by atoms with Crippen molar-refractivity contribution in [2.45, 2.75) is 13.5 Å². The summed E-state index contributed by atoms with van der Waals surface area (Å²) in [6.45, 7) is 1.27. The normalized spacial score (nSPS) is 10.3. The third-order valence-corrected chi connectivity index (χ3v) is 3.87. The molecule has 0 spiro atoms. The van der Waals surface area contributed by atoms with E-state index in [9.17, 15) is 18.4 Å². The molecule has 2 aromatic carbocycles. The van der Waals surface area contributed by atoms with Gasteiger partial charge in [-0.2, -0.15) is 0 Å². The van der Waals surface area contributed by atoms with E-state index in [1.165, 1.54) is 12.1 Å². The van der Waals surface area contributed by atoms with Crippen LogP contribution in [0.15, 0.2) is 40.9 Å². The summed E-state index contributed by atoms with van der Waals surface area (Å²) in [5.74, 6) is -2.13. The molecule has 1 N–H and O–H groups in total. The summed E-state index contributed by atoms with van der Waals surface area (Å²) in [6.07, 6.45) is 0. The van der Waals surface area contributed by atoms with Crippen molar-refractivity contribution in [3.8, 4) is 0 Å². The topological polar surface area (TPSA) is 55.4 Å². The van der Waals surface area contributed by atoms with Crippen molar-refractivity contribution in [1.82, 2.24) is 5.32 Å². The molecule has 0 fully saturated rings.